The summed E-state index contributed by atoms with van der Waals surface area (Å²) in [5, 5.41) is 3.68. The normalized spacial score (nSPS) is 36.7. The van der Waals surface area contributed by atoms with Gasteiger partial charge in [0, 0.05) is 23.4 Å². The maximum absolute atomic E-state index is 12.4. The minimum Gasteiger partial charge on any atom is -0.385 e. The summed E-state index contributed by atoms with van der Waals surface area (Å²) in [6.07, 6.45) is 8.49. The third kappa shape index (κ3) is 2.17. The number of carbonyl (C=O) groups is 1. The first-order valence-corrected chi connectivity index (χ1v) is 7.85. The molecule has 4 bridgehead atoms. The second kappa shape index (κ2) is 4.76. The zero-order valence-electron chi connectivity index (χ0n) is 11.7. The standard InChI is InChI=1S/C18H21NO/c20-18(14-4-2-1-3-5-14)11-17-15-7-12-6-13(8-15)10-16(9-12)19-17/h1-5,11-13,15-16,19H,6-10H2/b17-11+. The van der Waals surface area contributed by atoms with E-state index in [1.807, 2.05) is 36.4 Å². The number of hydrogen-bond donors (Lipinski definition) is 1. The van der Waals surface area contributed by atoms with Crippen LogP contribution < -0.4 is 5.32 Å². The molecular weight excluding hydrogens is 246 g/mol. The minimum atomic E-state index is 0.148. The van der Waals surface area contributed by atoms with Gasteiger partial charge in [0.05, 0.1) is 0 Å². The van der Waals surface area contributed by atoms with Crippen molar-refractivity contribution in [1.29, 1.82) is 0 Å². The van der Waals surface area contributed by atoms with E-state index in [9.17, 15) is 4.79 Å². The summed E-state index contributed by atoms with van der Waals surface area (Å²) in [5.74, 6) is 2.53. The van der Waals surface area contributed by atoms with Gasteiger partial charge in [0.1, 0.15) is 0 Å². The van der Waals surface area contributed by atoms with Gasteiger partial charge in [-0.15, -0.1) is 0 Å². The lowest BCUT2D eigenvalue weighted by atomic mass is 9.68. The molecule has 0 amide bonds. The highest BCUT2D eigenvalue weighted by molar-refractivity contribution is 6.04. The Bertz CT molecular complexity index is 534. The van der Waals surface area contributed by atoms with Crippen molar-refractivity contribution >= 4 is 5.78 Å². The van der Waals surface area contributed by atoms with E-state index < -0.39 is 0 Å². The number of allylic oxidation sites excluding steroid dienone is 2. The molecule has 2 heteroatoms. The zero-order valence-corrected chi connectivity index (χ0v) is 11.7. The molecule has 2 atom stereocenters. The molecule has 1 aromatic carbocycles. The molecule has 0 spiro atoms. The van der Waals surface area contributed by atoms with Gasteiger partial charge in [-0.05, 0) is 49.9 Å². The van der Waals surface area contributed by atoms with E-state index in [1.165, 1.54) is 37.8 Å². The fourth-order valence-corrected chi connectivity index (χ4v) is 4.56. The van der Waals surface area contributed by atoms with Crippen LogP contribution in [0.3, 0.4) is 0 Å². The van der Waals surface area contributed by atoms with Crippen LogP contribution in [-0.2, 0) is 0 Å². The Balaban J connectivity index is 1.62. The van der Waals surface area contributed by atoms with E-state index >= 15 is 0 Å². The van der Waals surface area contributed by atoms with E-state index in [1.54, 1.807) is 0 Å². The Labute approximate surface area is 120 Å². The van der Waals surface area contributed by atoms with Gasteiger partial charge in [0.15, 0.2) is 5.78 Å². The highest BCUT2D eigenvalue weighted by Crippen LogP contribution is 2.47. The SMILES string of the molecule is O=C(/C=C1/NC2CC3CC(C2)CC1C3)c1ccccc1. The van der Waals surface area contributed by atoms with Crippen LogP contribution in [0.2, 0.25) is 0 Å². The lowest BCUT2D eigenvalue weighted by molar-refractivity contribution is 0.104. The van der Waals surface area contributed by atoms with Gasteiger partial charge in [-0.25, -0.2) is 0 Å². The molecule has 0 radical (unpaired) electrons. The topological polar surface area (TPSA) is 29.1 Å². The third-order valence-corrected chi connectivity index (χ3v) is 5.29. The molecule has 4 aliphatic rings. The number of nitrogens with one attached hydrogen (secondary N) is 1. The largest absolute Gasteiger partial charge is 0.385 e. The first-order chi connectivity index (χ1) is 9.78. The van der Waals surface area contributed by atoms with Crippen molar-refractivity contribution in [2.45, 2.75) is 38.1 Å². The van der Waals surface area contributed by atoms with Gasteiger partial charge >= 0.3 is 0 Å². The average Bonchev–Trinajstić information content (AvgIpc) is 2.64. The van der Waals surface area contributed by atoms with Crippen LogP contribution in [0.25, 0.3) is 0 Å². The Hall–Kier alpha value is -1.57. The Morgan fingerprint density at radius 2 is 1.70 bits per heavy atom. The molecule has 2 aliphatic carbocycles. The molecule has 20 heavy (non-hydrogen) atoms. The van der Waals surface area contributed by atoms with Crippen LogP contribution in [-0.4, -0.2) is 11.8 Å². The number of fused-ring (bicyclic) bond motifs is 1. The van der Waals surface area contributed by atoms with Crippen LogP contribution in [0, 0.1) is 17.8 Å². The maximum atomic E-state index is 12.4. The number of benzene rings is 1. The molecule has 0 aromatic heterocycles. The third-order valence-electron chi connectivity index (χ3n) is 5.29. The fraction of sp³-hybridized carbons (Fsp3) is 0.500. The van der Waals surface area contributed by atoms with Crippen LogP contribution in [0.5, 0.6) is 0 Å². The van der Waals surface area contributed by atoms with Crippen LogP contribution in [0.4, 0.5) is 0 Å². The summed E-state index contributed by atoms with van der Waals surface area (Å²) in [4.78, 5) is 12.4. The number of rotatable bonds is 2. The Morgan fingerprint density at radius 3 is 2.40 bits per heavy atom. The van der Waals surface area contributed by atoms with Gasteiger partial charge in [0.2, 0.25) is 0 Å². The molecule has 4 fully saturated rings. The molecule has 2 saturated carbocycles. The molecule has 2 nitrogen and oxygen atoms in total. The van der Waals surface area contributed by atoms with Crippen molar-refractivity contribution in [3.63, 3.8) is 0 Å². The van der Waals surface area contributed by atoms with E-state index in [0.717, 1.165) is 17.4 Å². The Morgan fingerprint density at radius 1 is 1.00 bits per heavy atom. The van der Waals surface area contributed by atoms with Gasteiger partial charge in [-0.2, -0.15) is 0 Å². The molecule has 2 heterocycles. The molecule has 5 rings (SSSR count). The van der Waals surface area contributed by atoms with Crippen molar-refractivity contribution in [3.8, 4) is 0 Å². The number of ketones is 1. The van der Waals surface area contributed by atoms with E-state index in [4.69, 9.17) is 0 Å². The van der Waals surface area contributed by atoms with Gasteiger partial charge in [0.25, 0.3) is 0 Å². The average molecular weight is 267 g/mol. The molecule has 1 aromatic rings. The van der Waals surface area contributed by atoms with E-state index in [2.05, 4.69) is 5.32 Å². The van der Waals surface area contributed by atoms with Gasteiger partial charge in [-0.3, -0.25) is 4.79 Å². The summed E-state index contributed by atoms with van der Waals surface area (Å²) in [6.45, 7) is 0. The number of carbonyl (C=O) groups excluding carboxylic acids is 1. The van der Waals surface area contributed by atoms with E-state index in [-0.39, 0.29) is 5.78 Å². The number of hydrogen-bond acceptors (Lipinski definition) is 2. The predicted octanol–water partition coefficient (Wildman–Crippen LogP) is 3.55. The second-order valence-corrected chi connectivity index (χ2v) is 6.78. The van der Waals surface area contributed by atoms with Gasteiger partial charge < -0.3 is 5.32 Å². The Kier molecular flexibility index (Phi) is 2.90. The molecule has 2 saturated heterocycles. The van der Waals surface area contributed by atoms with Crippen molar-refractivity contribution < 1.29 is 4.79 Å². The molecule has 2 unspecified atom stereocenters. The summed E-state index contributed by atoms with van der Waals surface area (Å²) >= 11 is 0. The van der Waals surface area contributed by atoms with Crippen LogP contribution in [0.15, 0.2) is 42.1 Å². The zero-order chi connectivity index (χ0) is 13.5. The summed E-state index contributed by atoms with van der Waals surface area (Å²) in [5.41, 5.74) is 2.01. The van der Waals surface area contributed by atoms with Crippen LogP contribution >= 0.6 is 0 Å². The highest BCUT2D eigenvalue weighted by atomic mass is 16.1. The second-order valence-electron chi connectivity index (χ2n) is 6.78. The van der Waals surface area contributed by atoms with Crippen molar-refractivity contribution in [3.05, 3.63) is 47.7 Å². The summed E-state index contributed by atoms with van der Waals surface area (Å²) in [6, 6.07) is 10.2. The molecule has 2 aliphatic heterocycles. The van der Waals surface area contributed by atoms with Crippen molar-refractivity contribution in [1.82, 2.24) is 5.32 Å². The van der Waals surface area contributed by atoms with E-state index in [0.29, 0.717) is 12.0 Å². The van der Waals surface area contributed by atoms with Gasteiger partial charge in [-0.1, -0.05) is 30.3 Å². The first-order valence-electron chi connectivity index (χ1n) is 7.85. The first kappa shape index (κ1) is 12.2. The summed E-state index contributed by atoms with van der Waals surface area (Å²) in [7, 11) is 0. The highest BCUT2D eigenvalue weighted by Gasteiger charge is 2.41. The minimum absolute atomic E-state index is 0.148. The predicted molar refractivity (Wildman–Crippen MR) is 79.3 cm³/mol. The monoisotopic (exact) mass is 267 g/mol. The molecule has 1 N–H and O–H groups in total. The quantitative estimate of drug-likeness (QED) is 0.656. The molecule has 104 valence electrons. The lowest BCUT2D eigenvalue weighted by Gasteiger charge is -2.37. The lowest BCUT2D eigenvalue weighted by Crippen LogP contribution is -2.33. The van der Waals surface area contributed by atoms with Crippen molar-refractivity contribution in [2.24, 2.45) is 17.8 Å². The summed E-state index contributed by atoms with van der Waals surface area (Å²) < 4.78 is 0. The molecular formula is C18H21NO. The maximum Gasteiger partial charge on any atom is 0.187 e. The smallest absolute Gasteiger partial charge is 0.187 e. The fourth-order valence-electron chi connectivity index (χ4n) is 4.56. The van der Waals surface area contributed by atoms with Crippen LogP contribution in [0.1, 0.15) is 42.5 Å². The van der Waals surface area contributed by atoms with Crippen molar-refractivity contribution in [2.75, 3.05) is 0 Å².